The third-order valence-corrected chi connectivity index (χ3v) is 2.59. The minimum Gasteiger partial charge on any atom is -0.443 e. The summed E-state index contributed by atoms with van der Waals surface area (Å²) < 4.78 is 5.29. The number of amides is 1. The number of thioether (sulfide) groups is 1. The van der Waals surface area contributed by atoms with Crippen molar-refractivity contribution in [3.63, 3.8) is 0 Å². The molecule has 15 heavy (non-hydrogen) atoms. The standard InChI is InChI=1S/C10H18N2O2S/c1-5-15-8-11-6-7-12(8)9(13)14-10(2,3)4/h5-7H2,1-4H3. The quantitative estimate of drug-likeness (QED) is 0.694. The van der Waals surface area contributed by atoms with Gasteiger partial charge in [-0.05, 0) is 26.5 Å². The predicted molar refractivity (Wildman–Crippen MR) is 63.4 cm³/mol. The van der Waals surface area contributed by atoms with Gasteiger partial charge in [-0.3, -0.25) is 9.89 Å². The summed E-state index contributed by atoms with van der Waals surface area (Å²) in [5.41, 5.74) is -0.443. The Morgan fingerprint density at radius 2 is 2.27 bits per heavy atom. The minimum atomic E-state index is -0.443. The largest absolute Gasteiger partial charge is 0.443 e. The summed E-state index contributed by atoms with van der Waals surface area (Å²) in [5, 5.41) is 0.784. The molecule has 0 radical (unpaired) electrons. The Kier molecular flexibility index (Phi) is 4.02. The Hall–Kier alpha value is -0.710. The van der Waals surface area contributed by atoms with Crippen LogP contribution in [0.1, 0.15) is 27.7 Å². The monoisotopic (exact) mass is 230 g/mol. The van der Waals surface area contributed by atoms with Crippen molar-refractivity contribution in [3.05, 3.63) is 0 Å². The van der Waals surface area contributed by atoms with Crippen molar-refractivity contribution in [2.24, 2.45) is 4.99 Å². The van der Waals surface area contributed by atoms with Crippen molar-refractivity contribution < 1.29 is 9.53 Å². The molecule has 4 nitrogen and oxygen atoms in total. The molecule has 1 aliphatic rings. The molecule has 0 saturated heterocycles. The highest BCUT2D eigenvalue weighted by Crippen LogP contribution is 2.17. The summed E-state index contributed by atoms with van der Waals surface area (Å²) in [5.74, 6) is 0.915. The molecule has 1 rings (SSSR count). The second-order valence-electron chi connectivity index (χ2n) is 4.23. The van der Waals surface area contributed by atoms with Crippen molar-refractivity contribution in [1.82, 2.24) is 4.90 Å². The van der Waals surface area contributed by atoms with Crippen LogP contribution in [0, 0.1) is 0 Å². The first-order valence-corrected chi connectivity index (χ1v) is 6.10. The van der Waals surface area contributed by atoms with E-state index >= 15 is 0 Å². The molecule has 0 fully saturated rings. The van der Waals surface area contributed by atoms with Crippen LogP contribution in [0.3, 0.4) is 0 Å². The van der Waals surface area contributed by atoms with Crippen LogP contribution in [0.5, 0.6) is 0 Å². The van der Waals surface area contributed by atoms with Crippen molar-refractivity contribution in [2.45, 2.75) is 33.3 Å². The first-order valence-electron chi connectivity index (χ1n) is 5.12. The van der Waals surface area contributed by atoms with Gasteiger partial charge in [0.15, 0.2) is 5.17 Å². The normalized spacial score (nSPS) is 16.5. The lowest BCUT2D eigenvalue weighted by Gasteiger charge is -2.24. The molecule has 1 amide bonds. The van der Waals surface area contributed by atoms with E-state index in [1.165, 1.54) is 0 Å². The number of ether oxygens (including phenoxy) is 1. The number of carbonyl (C=O) groups is 1. The van der Waals surface area contributed by atoms with Gasteiger partial charge in [0, 0.05) is 0 Å². The highest BCUT2D eigenvalue weighted by molar-refractivity contribution is 8.13. The van der Waals surface area contributed by atoms with Gasteiger partial charge in [-0.1, -0.05) is 18.7 Å². The number of nitrogens with zero attached hydrogens (tertiary/aromatic N) is 2. The van der Waals surface area contributed by atoms with Gasteiger partial charge in [0.2, 0.25) is 0 Å². The molecule has 5 heteroatoms. The number of aliphatic imine (C=N–C) groups is 1. The maximum Gasteiger partial charge on any atom is 0.416 e. The van der Waals surface area contributed by atoms with Gasteiger partial charge in [0.1, 0.15) is 5.60 Å². The Morgan fingerprint density at radius 1 is 1.60 bits per heavy atom. The molecular formula is C10H18N2O2S. The van der Waals surface area contributed by atoms with Crippen molar-refractivity contribution >= 4 is 23.0 Å². The Bertz CT molecular complexity index is 271. The lowest BCUT2D eigenvalue weighted by molar-refractivity contribution is 0.0388. The first kappa shape index (κ1) is 12.4. The molecule has 0 aliphatic carbocycles. The fourth-order valence-corrected chi connectivity index (χ4v) is 1.93. The Labute approximate surface area is 95.1 Å². The van der Waals surface area contributed by atoms with Gasteiger partial charge in [-0.25, -0.2) is 4.79 Å². The first-order chi connectivity index (χ1) is 6.94. The maximum absolute atomic E-state index is 11.8. The van der Waals surface area contributed by atoms with Gasteiger partial charge in [0.05, 0.1) is 13.1 Å². The highest BCUT2D eigenvalue weighted by atomic mass is 32.2. The molecule has 86 valence electrons. The molecule has 0 aromatic heterocycles. The Morgan fingerprint density at radius 3 is 2.80 bits per heavy atom. The SMILES string of the molecule is CCSC1=NCCN1C(=O)OC(C)(C)C. The maximum atomic E-state index is 11.8. The van der Waals surface area contributed by atoms with E-state index in [4.69, 9.17) is 4.74 Å². The number of rotatable bonds is 1. The number of amidine groups is 1. The van der Waals surface area contributed by atoms with E-state index in [0.717, 1.165) is 10.9 Å². The lowest BCUT2D eigenvalue weighted by atomic mass is 10.2. The van der Waals surface area contributed by atoms with Crippen LogP contribution >= 0.6 is 11.8 Å². The molecule has 0 spiro atoms. The summed E-state index contributed by atoms with van der Waals surface area (Å²) in [6, 6.07) is 0. The fourth-order valence-electron chi connectivity index (χ4n) is 1.17. The molecule has 1 aliphatic heterocycles. The van der Waals surface area contributed by atoms with Crippen LogP contribution in [0.4, 0.5) is 4.79 Å². The van der Waals surface area contributed by atoms with Crippen LogP contribution < -0.4 is 0 Å². The second-order valence-corrected chi connectivity index (χ2v) is 5.46. The van der Waals surface area contributed by atoms with E-state index in [9.17, 15) is 4.79 Å². The molecule has 0 aromatic carbocycles. The fraction of sp³-hybridized carbons (Fsp3) is 0.800. The molecule has 0 saturated carbocycles. The van der Waals surface area contributed by atoms with Crippen LogP contribution in [0.2, 0.25) is 0 Å². The van der Waals surface area contributed by atoms with E-state index in [1.54, 1.807) is 16.7 Å². The van der Waals surface area contributed by atoms with E-state index in [0.29, 0.717) is 13.1 Å². The molecule has 0 atom stereocenters. The number of hydrogen-bond donors (Lipinski definition) is 0. The van der Waals surface area contributed by atoms with Crippen molar-refractivity contribution in [3.8, 4) is 0 Å². The molecule has 0 aromatic rings. The molecule has 0 N–H and O–H groups in total. The molecular weight excluding hydrogens is 212 g/mol. The molecule has 0 unspecified atom stereocenters. The predicted octanol–water partition coefficient (Wildman–Crippen LogP) is 2.35. The third kappa shape index (κ3) is 3.74. The van der Waals surface area contributed by atoms with E-state index in [1.807, 2.05) is 27.7 Å². The molecule has 1 heterocycles. The minimum absolute atomic E-state index is 0.292. The lowest BCUT2D eigenvalue weighted by Crippen LogP contribution is -2.38. The summed E-state index contributed by atoms with van der Waals surface area (Å²) in [6.45, 7) is 8.96. The van der Waals surface area contributed by atoms with Gasteiger partial charge < -0.3 is 4.74 Å². The summed E-state index contributed by atoms with van der Waals surface area (Å²) in [6.07, 6.45) is -0.292. The van der Waals surface area contributed by atoms with Crippen molar-refractivity contribution in [2.75, 3.05) is 18.8 Å². The van der Waals surface area contributed by atoms with Crippen LogP contribution in [-0.2, 0) is 4.74 Å². The average molecular weight is 230 g/mol. The van der Waals surface area contributed by atoms with Crippen LogP contribution in [0.15, 0.2) is 4.99 Å². The summed E-state index contributed by atoms with van der Waals surface area (Å²) >= 11 is 1.58. The highest BCUT2D eigenvalue weighted by Gasteiger charge is 2.28. The van der Waals surface area contributed by atoms with E-state index in [-0.39, 0.29) is 6.09 Å². The Balaban J connectivity index is 2.57. The average Bonchev–Trinajstić information content (AvgIpc) is 2.49. The third-order valence-electron chi connectivity index (χ3n) is 1.69. The smallest absolute Gasteiger partial charge is 0.416 e. The second kappa shape index (κ2) is 4.88. The molecule has 0 bridgehead atoms. The van der Waals surface area contributed by atoms with Crippen molar-refractivity contribution in [1.29, 1.82) is 0 Å². The van der Waals surface area contributed by atoms with E-state index < -0.39 is 5.60 Å². The van der Waals surface area contributed by atoms with E-state index in [2.05, 4.69) is 4.99 Å². The van der Waals surface area contributed by atoms with Gasteiger partial charge in [0.25, 0.3) is 0 Å². The zero-order valence-corrected chi connectivity index (χ0v) is 10.6. The summed E-state index contributed by atoms with van der Waals surface area (Å²) in [4.78, 5) is 17.6. The zero-order chi connectivity index (χ0) is 11.5. The topological polar surface area (TPSA) is 41.9 Å². The zero-order valence-electron chi connectivity index (χ0n) is 9.74. The van der Waals surface area contributed by atoms with Crippen LogP contribution in [0.25, 0.3) is 0 Å². The van der Waals surface area contributed by atoms with Gasteiger partial charge in [-0.15, -0.1) is 0 Å². The number of hydrogen-bond acceptors (Lipinski definition) is 4. The van der Waals surface area contributed by atoms with Gasteiger partial charge in [-0.2, -0.15) is 0 Å². The number of carbonyl (C=O) groups excluding carboxylic acids is 1. The van der Waals surface area contributed by atoms with Gasteiger partial charge >= 0.3 is 6.09 Å². The van der Waals surface area contributed by atoms with Crippen LogP contribution in [-0.4, -0.2) is 40.6 Å². The summed E-state index contributed by atoms with van der Waals surface area (Å²) in [7, 11) is 0.